The van der Waals surface area contributed by atoms with Crippen molar-refractivity contribution in [3.8, 4) is 5.75 Å². The second-order valence-electron chi connectivity index (χ2n) is 3.96. The van der Waals surface area contributed by atoms with Gasteiger partial charge < -0.3 is 14.8 Å². The van der Waals surface area contributed by atoms with Crippen molar-refractivity contribution in [3.05, 3.63) is 29.8 Å². The van der Waals surface area contributed by atoms with E-state index < -0.39 is 5.54 Å². The number of carbonyl (C=O) groups is 1. The van der Waals surface area contributed by atoms with Crippen LogP contribution in [0, 0.1) is 0 Å². The van der Waals surface area contributed by atoms with Gasteiger partial charge in [0.1, 0.15) is 11.3 Å². The van der Waals surface area contributed by atoms with Crippen molar-refractivity contribution < 1.29 is 14.3 Å². The van der Waals surface area contributed by atoms with E-state index in [-0.39, 0.29) is 5.97 Å². The van der Waals surface area contributed by atoms with Gasteiger partial charge in [0.25, 0.3) is 0 Å². The molecule has 1 N–H and O–H groups in total. The van der Waals surface area contributed by atoms with E-state index in [1.54, 1.807) is 14.2 Å². The lowest BCUT2D eigenvalue weighted by Gasteiger charge is -2.30. The molecule has 0 saturated heterocycles. The van der Waals surface area contributed by atoms with Crippen LogP contribution in [-0.4, -0.2) is 26.7 Å². The number of rotatable bonds is 6. The van der Waals surface area contributed by atoms with Gasteiger partial charge in [-0.2, -0.15) is 0 Å². The SMILES string of the molecule is CCOC(=O)C(CC)(NC)c1ccc(OC)cc1. The average Bonchev–Trinajstić information content (AvgIpc) is 2.42. The first-order valence-electron chi connectivity index (χ1n) is 6.15. The number of hydrogen-bond donors (Lipinski definition) is 1. The Morgan fingerprint density at radius 2 is 1.89 bits per heavy atom. The first kappa shape index (κ1) is 14.5. The normalized spacial score (nSPS) is 13.8. The fourth-order valence-corrected chi connectivity index (χ4v) is 2.02. The first-order valence-corrected chi connectivity index (χ1v) is 6.15. The lowest BCUT2D eigenvalue weighted by atomic mass is 9.87. The second-order valence-corrected chi connectivity index (χ2v) is 3.96. The van der Waals surface area contributed by atoms with Crippen LogP contribution in [-0.2, 0) is 15.1 Å². The molecule has 4 heteroatoms. The van der Waals surface area contributed by atoms with Gasteiger partial charge in [0.2, 0.25) is 0 Å². The Bertz CT molecular complexity index is 383. The Kier molecular flexibility index (Phi) is 5.16. The molecular weight excluding hydrogens is 230 g/mol. The summed E-state index contributed by atoms with van der Waals surface area (Å²) in [7, 11) is 3.39. The summed E-state index contributed by atoms with van der Waals surface area (Å²) < 4.78 is 10.3. The summed E-state index contributed by atoms with van der Waals surface area (Å²) in [6.07, 6.45) is 0.620. The minimum Gasteiger partial charge on any atom is -0.497 e. The lowest BCUT2D eigenvalue weighted by molar-refractivity contribution is -0.151. The Labute approximate surface area is 108 Å². The molecule has 1 rings (SSSR count). The van der Waals surface area contributed by atoms with Crippen LogP contribution in [0.5, 0.6) is 5.75 Å². The molecule has 1 aromatic carbocycles. The monoisotopic (exact) mass is 251 g/mol. The van der Waals surface area contributed by atoms with Crippen molar-refractivity contribution in [2.45, 2.75) is 25.8 Å². The van der Waals surface area contributed by atoms with Crippen molar-refractivity contribution in [2.75, 3.05) is 20.8 Å². The Morgan fingerprint density at radius 3 is 2.28 bits per heavy atom. The molecule has 0 heterocycles. The number of esters is 1. The number of benzene rings is 1. The van der Waals surface area contributed by atoms with Crippen LogP contribution >= 0.6 is 0 Å². The molecule has 0 saturated carbocycles. The maximum atomic E-state index is 12.2. The number of hydrogen-bond acceptors (Lipinski definition) is 4. The van der Waals surface area contributed by atoms with Gasteiger partial charge in [-0.15, -0.1) is 0 Å². The smallest absolute Gasteiger partial charge is 0.330 e. The molecule has 0 spiro atoms. The molecule has 4 nitrogen and oxygen atoms in total. The number of methoxy groups -OCH3 is 1. The van der Waals surface area contributed by atoms with E-state index >= 15 is 0 Å². The maximum absolute atomic E-state index is 12.2. The molecule has 1 atom stereocenters. The fourth-order valence-electron chi connectivity index (χ4n) is 2.02. The maximum Gasteiger partial charge on any atom is 0.330 e. The largest absolute Gasteiger partial charge is 0.497 e. The van der Waals surface area contributed by atoms with Gasteiger partial charge in [0, 0.05) is 0 Å². The molecule has 0 radical (unpaired) electrons. The topological polar surface area (TPSA) is 47.6 Å². The van der Waals surface area contributed by atoms with Gasteiger partial charge >= 0.3 is 5.97 Å². The standard InChI is InChI=1S/C14H21NO3/c1-5-14(15-3,13(16)18-6-2)11-7-9-12(17-4)10-8-11/h7-10,15H,5-6H2,1-4H3. The number of carbonyl (C=O) groups excluding carboxylic acids is 1. The predicted octanol–water partition coefficient (Wildman–Crippen LogP) is 2.08. The van der Waals surface area contributed by atoms with Gasteiger partial charge in [-0.3, -0.25) is 0 Å². The third kappa shape index (κ3) is 2.64. The average molecular weight is 251 g/mol. The molecule has 0 aliphatic rings. The van der Waals surface area contributed by atoms with E-state index in [4.69, 9.17) is 9.47 Å². The number of nitrogens with one attached hydrogen (secondary N) is 1. The van der Waals surface area contributed by atoms with Crippen molar-refractivity contribution in [1.29, 1.82) is 0 Å². The third-order valence-electron chi connectivity index (χ3n) is 3.16. The molecule has 100 valence electrons. The van der Waals surface area contributed by atoms with Crippen LogP contribution in [0.1, 0.15) is 25.8 Å². The molecule has 18 heavy (non-hydrogen) atoms. The zero-order valence-corrected chi connectivity index (χ0v) is 11.4. The highest BCUT2D eigenvalue weighted by molar-refractivity contribution is 5.82. The van der Waals surface area contributed by atoms with Gasteiger partial charge in [0.15, 0.2) is 0 Å². The Hall–Kier alpha value is -1.55. The van der Waals surface area contributed by atoms with E-state index in [0.29, 0.717) is 13.0 Å². The minimum absolute atomic E-state index is 0.250. The van der Waals surface area contributed by atoms with Crippen LogP contribution in [0.4, 0.5) is 0 Å². The first-order chi connectivity index (χ1) is 8.64. The summed E-state index contributed by atoms with van der Waals surface area (Å²) in [5, 5.41) is 3.09. The van der Waals surface area contributed by atoms with Crippen LogP contribution in [0.25, 0.3) is 0 Å². The van der Waals surface area contributed by atoms with Crippen LogP contribution in [0.15, 0.2) is 24.3 Å². The molecule has 1 aromatic rings. The van der Waals surface area contributed by atoms with Crippen LogP contribution < -0.4 is 10.1 Å². The summed E-state index contributed by atoms with van der Waals surface area (Å²) in [6.45, 7) is 4.14. The van der Waals surface area contributed by atoms with Crippen molar-refractivity contribution in [1.82, 2.24) is 5.32 Å². The van der Waals surface area contributed by atoms with Crippen molar-refractivity contribution >= 4 is 5.97 Å². The van der Waals surface area contributed by atoms with E-state index in [2.05, 4.69) is 5.32 Å². The third-order valence-corrected chi connectivity index (χ3v) is 3.16. The summed E-state index contributed by atoms with van der Waals surface area (Å²) >= 11 is 0. The summed E-state index contributed by atoms with van der Waals surface area (Å²) in [6, 6.07) is 7.46. The van der Waals surface area contributed by atoms with E-state index in [1.807, 2.05) is 38.1 Å². The second kappa shape index (κ2) is 6.40. The van der Waals surface area contributed by atoms with Gasteiger partial charge in [-0.25, -0.2) is 4.79 Å². The van der Waals surface area contributed by atoms with Gasteiger partial charge in [-0.05, 0) is 38.1 Å². The van der Waals surface area contributed by atoms with Crippen LogP contribution in [0.2, 0.25) is 0 Å². The number of ether oxygens (including phenoxy) is 2. The zero-order valence-electron chi connectivity index (χ0n) is 11.4. The van der Waals surface area contributed by atoms with Gasteiger partial charge in [0.05, 0.1) is 13.7 Å². The molecule has 0 aliphatic carbocycles. The molecule has 0 bridgehead atoms. The summed E-state index contributed by atoms with van der Waals surface area (Å²) in [5.41, 5.74) is 0.0918. The molecule has 0 aromatic heterocycles. The fraction of sp³-hybridized carbons (Fsp3) is 0.500. The quantitative estimate of drug-likeness (QED) is 0.786. The summed E-state index contributed by atoms with van der Waals surface area (Å²) in [5.74, 6) is 0.517. The molecule has 0 amide bonds. The highest BCUT2D eigenvalue weighted by Crippen LogP contribution is 2.28. The Balaban J connectivity index is 3.13. The number of likely N-dealkylation sites (N-methyl/N-ethyl adjacent to an activating group) is 1. The lowest BCUT2D eigenvalue weighted by Crippen LogP contribution is -2.48. The highest BCUT2D eigenvalue weighted by Gasteiger charge is 2.38. The van der Waals surface area contributed by atoms with E-state index in [1.165, 1.54) is 0 Å². The highest BCUT2D eigenvalue weighted by atomic mass is 16.5. The summed E-state index contributed by atoms with van der Waals surface area (Å²) in [4.78, 5) is 12.2. The molecule has 0 aliphatic heterocycles. The van der Waals surface area contributed by atoms with E-state index in [9.17, 15) is 4.79 Å². The zero-order chi connectivity index (χ0) is 13.6. The van der Waals surface area contributed by atoms with Gasteiger partial charge in [-0.1, -0.05) is 19.1 Å². The van der Waals surface area contributed by atoms with Crippen molar-refractivity contribution in [3.63, 3.8) is 0 Å². The molecule has 1 unspecified atom stereocenters. The van der Waals surface area contributed by atoms with E-state index in [0.717, 1.165) is 11.3 Å². The molecular formula is C14H21NO3. The minimum atomic E-state index is -0.789. The predicted molar refractivity (Wildman–Crippen MR) is 70.7 cm³/mol. The van der Waals surface area contributed by atoms with Crippen molar-refractivity contribution in [2.24, 2.45) is 0 Å². The van der Waals surface area contributed by atoms with Crippen LogP contribution in [0.3, 0.4) is 0 Å². The Morgan fingerprint density at radius 1 is 1.28 bits per heavy atom. The molecule has 0 fully saturated rings.